The Balaban J connectivity index is 1.52. The van der Waals surface area contributed by atoms with Crippen LogP contribution < -0.4 is 10.2 Å². The second kappa shape index (κ2) is 8.11. The summed E-state index contributed by atoms with van der Waals surface area (Å²) in [5.74, 6) is 0.991. The van der Waals surface area contributed by atoms with Crippen molar-refractivity contribution in [1.29, 1.82) is 0 Å². The molecule has 0 aromatic carbocycles. The molecule has 0 amide bonds. The van der Waals surface area contributed by atoms with Gasteiger partial charge >= 0.3 is 0 Å². The predicted molar refractivity (Wildman–Crippen MR) is 99.3 cm³/mol. The van der Waals surface area contributed by atoms with Crippen molar-refractivity contribution in [3.05, 3.63) is 48.4 Å². The van der Waals surface area contributed by atoms with E-state index in [9.17, 15) is 0 Å². The highest BCUT2D eigenvalue weighted by Gasteiger charge is 2.17. The molecule has 24 heavy (non-hydrogen) atoms. The van der Waals surface area contributed by atoms with Gasteiger partial charge in [-0.3, -0.25) is 9.88 Å². The van der Waals surface area contributed by atoms with Gasteiger partial charge in [0.25, 0.3) is 0 Å². The molecule has 3 heterocycles. The van der Waals surface area contributed by atoms with Crippen molar-refractivity contribution < 1.29 is 0 Å². The van der Waals surface area contributed by atoms with Gasteiger partial charge in [0.1, 0.15) is 5.82 Å². The molecule has 1 unspecified atom stereocenters. The third-order valence-electron chi connectivity index (χ3n) is 4.55. The first-order chi connectivity index (χ1) is 11.7. The SMILES string of the molecule is CN(C)c1ccc(NC2CCCN(Cc3ccncc3)CC2)cn1. The topological polar surface area (TPSA) is 44.3 Å². The van der Waals surface area contributed by atoms with Gasteiger partial charge in [-0.05, 0) is 55.6 Å². The summed E-state index contributed by atoms with van der Waals surface area (Å²) in [5.41, 5.74) is 2.47. The Morgan fingerprint density at radius 1 is 1.12 bits per heavy atom. The van der Waals surface area contributed by atoms with Crippen molar-refractivity contribution in [2.24, 2.45) is 0 Å². The molecule has 5 nitrogen and oxygen atoms in total. The second-order valence-corrected chi connectivity index (χ2v) is 6.70. The molecule has 1 aliphatic rings. The molecule has 2 aromatic rings. The van der Waals surface area contributed by atoms with Gasteiger partial charge in [-0.15, -0.1) is 0 Å². The minimum atomic E-state index is 0.527. The fourth-order valence-corrected chi connectivity index (χ4v) is 3.18. The summed E-state index contributed by atoms with van der Waals surface area (Å²) in [6.45, 7) is 3.32. The average molecular weight is 325 g/mol. The van der Waals surface area contributed by atoms with Crippen LogP contribution in [0.4, 0.5) is 11.5 Å². The second-order valence-electron chi connectivity index (χ2n) is 6.70. The minimum Gasteiger partial charge on any atom is -0.381 e. The van der Waals surface area contributed by atoms with Gasteiger partial charge in [0.05, 0.1) is 11.9 Å². The van der Waals surface area contributed by atoms with Crippen molar-refractivity contribution in [2.75, 3.05) is 37.4 Å². The average Bonchev–Trinajstić information content (AvgIpc) is 2.82. The summed E-state index contributed by atoms with van der Waals surface area (Å²) >= 11 is 0. The lowest BCUT2D eigenvalue weighted by Crippen LogP contribution is -2.26. The number of hydrogen-bond donors (Lipinski definition) is 1. The summed E-state index contributed by atoms with van der Waals surface area (Å²) in [6, 6.07) is 8.94. The molecule has 5 heteroatoms. The van der Waals surface area contributed by atoms with E-state index in [-0.39, 0.29) is 0 Å². The van der Waals surface area contributed by atoms with Crippen LogP contribution in [0.25, 0.3) is 0 Å². The molecule has 1 fully saturated rings. The van der Waals surface area contributed by atoms with Gasteiger partial charge in [-0.2, -0.15) is 0 Å². The summed E-state index contributed by atoms with van der Waals surface area (Å²) in [5, 5.41) is 3.65. The van der Waals surface area contributed by atoms with Gasteiger partial charge in [0.15, 0.2) is 0 Å². The standard InChI is InChI=1S/C19H27N5/c1-23(2)19-6-5-18(14-21-19)22-17-4-3-12-24(13-9-17)15-16-7-10-20-11-8-16/h5-8,10-11,14,17,22H,3-4,9,12-13,15H2,1-2H3. The Kier molecular flexibility index (Phi) is 5.64. The molecule has 0 bridgehead atoms. The molecule has 3 rings (SSSR count). The lowest BCUT2D eigenvalue weighted by molar-refractivity contribution is 0.276. The fraction of sp³-hybridized carbons (Fsp3) is 0.474. The molecule has 128 valence electrons. The minimum absolute atomic E-state index is 0.527. The van der Waals surface area contributed by atoms with Crippen LogP contribution in [-0.4, -0.2) is 48.1 Å². The Morgan fingerprint density at radius 3 is 2.67 bits per heavy atom. The lowest BCUT2D eigenvalue weighted by Gasteiger charge is -2.21. The summed E-state index contributed by atoms with van der Waals surface area (Å²) < 4.78 is 0. The Morgan fingerprint density at radius 2 is 1.96 bits per heavy atom. The van der Waals surface area contributed by atoms with Crippen molar-refractivity contribution in [1.82, 2.24) is 14.9 Å². The van der Waals surface area contributed by atoms with Gasteiger partial charge in [-0.1, -0.05) is 0 Å². The van der Waals surface area contributed by atoms with Crippen LogP contribution >= 0.6 is 0 Å². The fourth-order valence-electron chi connectivity index (χ4n) is 3.18. The maximum absolute atomic E-state index is 4.49. The maximum Gasteiger partial charge on any atom is 0.128 e. The number of nitrogens with zero attached hydrogens (tertiary/aromatic N) is 4. The highest BCUT2D eigenvalue weighted by molar-refractivity contribution is 5.48. The van der Waals surface area contributed by atoms with Crippen LogP contribution in [-0.2, 0) is 6.54 Å². The van der Waals surface area contributed by atoms with Crippen molar-refractivity contribution in [3.8, 4) is 0 Å². The quantitative estimate of drug-likeness (QED) is 0.915. The van der Waals surface area contributed by atoms with E-state index in [2.05, 4.69) is 44.5 Å². The first kappa shape index (κ1) is 16.7. The number of likely N-dealkylation sites (tertiary alicyclic amines) is 1. The number of pyridine rings is 2. The number of anilines is 2. The van der Waals surface area contributed by atoms with Crippen LogP contribution in [0.1, 0.15) is 24.8 Å². The van der Waals surface area contributed by atoms with E-state index in [1.54, 1.807) is 0 Å². The first-order valence-corrected chi connectivity index (χ1v) is 8.72. The number of nitrogens with one attached hydrogen (secondary N) is 1. The number of aromatic nitrogens is 2. The lowest BCUT2D eigenvalue weighted by atomic mass is 10.1. The van der Waals surface area contributed by atoms with Gasteiger partial charge in [-0.25, -0.2) is 4.98 Å². The van der Waals surface area contributed by atoms with Crippen LogP contribution in [0.15, 0.2) is 42.9 Å². The summed E-state index contributed by atoms with van der Waals surface area (Å²) in [4.78, 5) is 13.1. The molecule has 0 aliphatic carbocycles. The molecule has 2 aromatic heterocycles. The van der Waals surface area contributed by atoms with Crippen LogP contribution in [0.2, 0.25) is 0 Å². The third-order valence-corrected chi connectivity index (χ3v) is 4.55. The summed E-state index contributed by atoms with van der Waals surface area (Å²) in [6.07, 6.45) is 9.30. The molecule has 1 N–H and O–H groups in total. The van der Waals surface area contributed by atoms with Crippen molar-refractivity contribution in [3.63, 3.8) is 0 Å². The molecule has 1 aliphatic heterocycles. The van der Waals surface area contributed by atoms with E-state index in [1.807, 2.05) is 37.6 Å². The molecular weight excluding hydrogens is 298 g/mol. The smallest absolute Gasteiger partial charge is 0.128 e. The predicted octanol–water partition coefficient (Wildman–Crippen LogP) is 3.01. The highest BCUT2D eigenvalue weighted by Crippen LogP contribution is 2.19. The number of hydrogen-bond acceptors (Lipinski definition) is 5. The van der Waals surface area contributed by atoms with E-state index >= 15 is 0 Å². The van der Waals surface area contributed by atoms with E-state index in [1.165, 1.54) is 31.4 Å². The van der Waals surface area contributed by atoms with Gasteiger partial charge in [0.2, 0.25) is 0 Å². The normalized spacial score (nSPS) is 18.8. The van der Waals surface area contributed by atoms with E-state index < -0.39 is 0 Å². The van der Waals surface area contributed by atoms with E-state index in [0.29, 0.717) is 6.04 Å². The van der Waals surface area contributed by atoms with Crippen LogP contribution in [0.3, 0.4) is 0 Å². The van der Waals surface area contributed by atoms with E-state index in [4.69, 9.17) is 0 Å². The first-order valence-electron chi connectivity index (χ1n) is 8.72. The zero-order chi connectivity index (χ0) is 16.8. The number of rotatable bonds is 5. The Labute approximate surface area is 144 Å². The molecule has 0 saturated carbocycles. The summed E-state index contributed by atoms with van der Waals surface area (Å²) in [7, 11) is 4.02. The largest absolute Gasteiger partial charge is 0.381 e. The maximum atomic E-state index is 4.49. The van der Waals surface area contributed by atoms with Gasteiger partial charge in [0, 0.05) is 45.6 Å². The third kappa shape index (κ3) is 4.68. The molecule has 0 spiro atoms. The Bertz CT molecular complexity index is 611. The molecule has 1 saturated heterocycles. The zero-order valence-electron chi connectivity index (χ0n) is 14.7. The molecule has 0 radical (unpaired) electrons. The van der Waals surface area contributed by atoms with Crippen molar-refractivity contribution >= 4 is 11.5 Å². The zero-order valence-corrected chi connectivity index (χ0v) is 14.7. The van der Waals surface area contributed by atoms with Crippen LogP contribution in [0, 0.1) is 0 Å². The Hall–Kier alpha value is -2.14. The van der Waals surface area contributed by atoms with E-state index in [0.717, 1.165) is 24.6 Å². The van der Waals surface area contributed by atoms with Gasteiger partial charge < -0.3 is 10.2 Å². The van der Waals surface area contributed by atoms with Crippen LogP contribution in [0.5, 0.6) is 0 Å². The molecule has 1 atom stereocenters. The molecular formula is C19H27N5. The highest BCUT2D eigenvalue weighted by atomic mass is 15.1. The van der Waals surface area contributed by atoms with Crippen molar-refractivity contribution in [2.45, 2.75) is 31.8 Å². The monoisotopic (exact) mass is 325 g/mol.